The zero-order chi connectivity index (χ0) is 19.8. The third kappa shape index (κ3) is 5.22. The van der Waals surface area contributed by atoms with Crippen LogP contribution < -0.4 is 0 Å². The van der Waals surface area contributed by atoms with Gasteiger partial charge in [0.15, 0.2) is 0 Å². The first kappa shape index (κ1) is 20.6. The molecule has 1 aliphatic heterocycles. The lowest BCUT2D eigenvalue weighted by Crippen LogP contribution is -2.46. The number of unbranched alkanes of at least 4 members (excludes halogenated alkanes) is 1. The summed E-state index contributed by atoms with van der Waals surface area (Å²) >= 11 is 0. The number of nitrogens with zero attached hydrogens (tertiary/aromatic N) is 2. The van der Waals surface area contributed by atoms with Gasteiger partial charge < -0.3 is 9.72 Å². The van der Waals surface area contributed by atoms with Crippen molar-refractivity contribution in [1.82, 2.24) is 14.9 Å². The first-order valence-electron chi connectivity index (χ1n) is 10.6. The van der Waals surface area contributed by atoms with E-state index in [1.165, 1.54) is 12.0 Å². The van der Waals surface area contributed by atoms with E-state index in [0.29, 0.717) is 6.61 Å². The molecule has 152 valence electrons. The van der Waals surface area contributed by atoms with Gasteiger partial charge in [-0.05, 0) is 51.3 Å². The van der Waals surface area contributed by atoms with Gasteiger partial charge in [-0.3, -0.25) is 9.69 Å². The summed E-state index contributed by atoms with van der Waals surface area (Å²) in [4.78, 5) is 23.2. The van der Waals surface area contributed by atoms with E-state index < -0.39 is 5.41 Å². The molecule has 2 aromatic rings. The summed E-state index contributed by atoms with van der Waals surface area (Å²) in [6, 6.07) is 10.3. The van der Waals surface area contributed by atoms with Crippen LogP contribution in [-0.2, 0) is 28.9 Å². The molecule has 0 atom stereocenters. The molecule has 0 bridgehead atoms. The van der Waals surface area contributed by atoms with Crippen LogP contribution in [0.15, 0.2) is 36.5 Å². The zero-order valence-corrected chi connectivity index (χ0v) is 17.2. The molecule has 1 aromatic heterocycles. The van der Waals surface area contributed by atoms with Crippen molar-refractivity contribution in [3.63, 3.8) is 0 Å². The molecule has 5 nitrogen and oxygen atoms in total. The Morgan fingerprint density at radius 1 is 1.21 bits per heavy atom. The van der Waals surface area contributed by atoms with E-state index in [1.807, 2.05) is 31.3 Å². The Bertz CT molecular complexity index is 733. The highest BCUT2D eigenvalue weighted by Gasteiger charge is 2.42. The minimum Gasteiger partial charge on any atom is -0.466 e. The van der Waals surface area contributed by atoms with Gasteiger partial charge in [0, 0.05) is 24.9 Å². The predicted molar refractivity (Wildman–Crippen MR) is 111 cm³/mol. The average Bonchev–Trinajstić information content (AvgIpc) is 3.16. The minimum absolute atomic E-state index is 0.0399. The number of nitrogens with one attached hydrogen (secondary N) is 1. The minimum atomic E-state index is -0.409. The van der Waals surface area contributed by atoms with Crippen LogP contribution in [0.2, 0.25) is 0 Å². The Morgan fingerprint density at radius 3 is 2.64 bits per heavy atom. The van der Waals surface area contributed by atoms with Gasteiger partial charge >= 0.3 is 5.97 Å². The summed E-state index contributed by atoms with van der Waals surface area (Å²) in [5.41, 5.74) is 1.96. The van der Waals surface area contributed by atoms with Crippen molar-refractivity contribution < 1.29 is 9.53 Å². The number of carbonyl (C=O) groups is 1. The summed E-state index contributed by atoms with van der Waals surface area (Å²) < 4.78 is 5.48. The zero-order valence-electron chi connectivity index (χ0n) is 17.2. The number of carbonyl (C=O) groups excluding carboxylic acids is 1. The Kier molecular flexibility index (Phi) is 7.26. The Hall–Kier alpha value is -2.14. The molecule has 5 heteroatoms. The number of likely N-dealkylation sites (tertiary alicyclic amines) is 1. The van der Waals surface area contributed by atoms with Crippen LogP contribution in [0.1, 0.15) is 56.6 Å². The standard InChI is InChI=1S/C23H33N3O2/c1-3-5-11-21-24-17-20(25-21)18-26-14-12-23(13-15-26,22(27)28-4-2)16-19-9-7-6-8-10-19/h6-10,17H,3-5,11-16,18H2,1-2H3,(H,24,25). The van der Waals surface area contributed by atoms with Gasteiger partial charge in [-0.15, -0.1) is 0 Å². The number of hydrogen-bond acceptors (Lipinski definition) is 4. The fourth-order valence-electron chi connectivity index (χ4n) is 4.06. The summed E-state index contributed by atoms with van der Waals surface area (Å²) in [5.74, 6) is 1.04. The van der Waals surface area contributed by atoms with Crippen LogP contribution >= 0.6 is 0 Å². The Balaban J connectivity index is 1.62. The highest BCUT2D eigenvalue weighted by Crippen LogP contribution is 2.37. The molecule has 1 saturated heterocycles. The largest absolute Gasteiger partial charge is 0.466 e. The molecule has 1 aliphatic rings. The lowest BCUT2D eigenvalue weighted by atomic mass is 9.73. The molecular formula is C23H33N3O2. The molecule has 1 fully saturated rings. The van der Waals surface area contributed by atoms with Crippen LogP contribution in [-0.4, -0.2) is 40.5 Å². The van der Waals surface area contributed by atoms with Gasteiger partial charge in [0.25, 0.3) is 0 Å². The number of esters is 1. The normalized spacial score (nSPS) is 16.8. The van der Waals surface area contributed by atoms with Crippen LogP contribution in [0.4, 0.5) is 0 Å². The molecule has 28 heavy (non-hydrogen) atoms. The van der Waals surface area contributed by atoms with Crippen molar-refractivity contribution in [2.24, 2.45) is 5.41 Å². The number of aromatic amines is 1. The number of benzene rings is 1. The molecule has 0 aliphatic carbocycles. The van der Waals surface area contributed by atoms with E-state index in [0.717, 1.165) is 63.3 Å². The molecule has 0 amide bonds. The maximum atomic E-state index is 12.8. The number of piperidine rings is 1. The first-order chi connectivity index (χ1) is 13.6. The van der Waals surface area contributed by atoms with Crippen LogP contribution in [0.25, 0.3) is 0 Å². The molecule has 1 N–H and O–H groups in total. The second kappa shape index (κ2) is 9.87. The number of aromatic nitrogens is 2. The number of ether oxygens (including phenoxy) is 1. The summed E-state index contributed by atoms with van der Waals surface area (Å²) in [7, 11) is 0. The van der Waals surface area contributed by atoms with Gasteiger partial charge in [-0.25, -0.2) is 4.98 Å². The van der Waals surface area contributed by atoms with E-state index in [9.17, 15) is 4.79 Å². The van der Waals surface area contributed by atoms with Gasteiger partial charge in [-0.2, -0.15) is 0 Å². The fraction of sp³-hybridized carbons (Fsp3) is 0.565. The van der Waals surface area contributed by atoms with Gasteiger partial charge in [-0.1, -0.05) is 43.7 Å². The van der Waals surface area contributed by atoms with Crippen LogP contribution in [0.5, 0.6) is 0 Å². The summed E-state index contributed by atoms with van der Waals surface area (Å²) in [6.45, 7) is 7.18. The number of rotatable bonds is 9. The maximum Gasteiger partial charge on any atom is 0.312 e. The van der Waals surface area contributed by atoms with E-state index >= 15 is 0 Å². The second-order valence-corrected chi connectivity index (χ2v) is 7.90. The highest BCUT2D eigenvalue weighted by molar-refractivity contribution is 5.77. The number of H-pyrrole nitrogens is 1. The summed E-state index contributed by atoms with van der Waals surface area (Å²) in [5, 5.41) is 0. The number of hydrogen-bond donors (Lipinski definition) is 1. The molecule has 0 spiro atoms. The third-order valence-electron chi connectivity index (χ3n) is 5.75. The first-order valence-corrected chi connectivity index (χ1v) is 10.6. The molecule has 2 heterocycles. The number of aryl methyl sites for hydroxylation is 1. The van der Waals surface area contributed by atoms with E-state index in [4.69, 9.17) is 4.74 Å². The lowest BCUT2D eigenvalue weighted by molar-refractivity contribution is -0.158. The van der Waals surface area contributed by atoms with Crippen LogP contribution in [0.3, 0.4) is 0 Å². The van der Waals surface area contributed by atoms with Gasteiger partial charge in [0.05, 0.1) is 12.0 Å². The van der Waals surface area contributed by atoms with Crippen molar-refractivity contribution in [3.05, 3.63) is 53.6 Å². The molecule has 3 rings (SSSR count). The Morgan fingerprint density at radius 2 is 1.96 bits per heavy atom. The molecule has 0 unspecified atom stereocenters. The van der Waals surface area contributed by atoms with Crippen molar-refractivity contribution >= 4 is 5.97 Å². The monoisotopic (exact) mass is 383 g/mol. The van der Waals surface area contributed by atoms with E-state index in [1.54, 1.807) is 0 Å². The quantitative estimate of drug-likeness (QED) is 0.661. The van der Waals surface area contributed by atoms with E-state index in [-0.39, 0.29) is 5.97 Å². The third-order valence-corrected chi connectivity index (χ3v) is 5.75. The second-order valence-electron chi connectivity index (χ2n) is 7.90. The average molecular weight is 384 g/mol. The van der Waals surface area contributed by atoms with Crippen molar-refractivity contribution in [2.45, 2.75) is 58.9 Å². The smallest absolute Gasteiger partial charge is 0.312 e. The van der Waals surface area contributed by atoms with E-state index in [2.05, 4.69) is 33.9 Å². The molecule has 0 saturated carbocycles. The highest BCUT2D eigenvalue weighted by atomic mass is 16.5. The van der Waals surface area contributed by atoms with Crippen LogP contribution in [0, 0.1) is 5.41 Å². The summed E-state index contributed by atoms with van der Waals surface area (Å²) in [6.07, 6.45) is 7.74. The SMILES string of the molecule is CCCCc1ncc(CN2CCC(Cc3ccccc3)(C(=O)OCC)CC2)[nH]1. The molecule has 0 radical (unpaired) electrons. The van der Waals surface area contributed by atoms with Gasteiger partial charge in [0.2, 0.25) is 0 Å². The maximum absolute atomic E-state index is 12.8. The number of imidazole rings is 1. The lowest BCUT2D eigenvalue weighted by Gasteiger charge is -2.40. The molecule has 1 aromatic carbocycles. The fourth-order valence-corrected chi connectivity index (χ4v) is 4.06. The van der Waals surface area contributed by atoms with Crippen molar-refractivity contribution in [2.75, 3.05) is 19.7 Å². The topological polar surface area (TPSA) is 58.2 Å². The Labute approximate surface area is 168 Å². The van der Waals surface area contributed by atoms with Gasteiger partial charge in [0.1, 0.15) is 5.82 Å². The molecular weight excluding hydrogens is 350 g/mol. The van der Waals surface area contributed by atoms with Crippen molar-refractivity contribution in [3.8, 4) is 0 Å². The predicted octanol–water partition coefficient (Wildman–Crippen LogP) is 4.14. The van der Waals surface area contributed by atoms with Crippen molar-refractivity contribution in [1.29, 1.82) is 0 Å².